The smallest absolute Gasteiger partial charge is 0.255 e. The van der Waals surface area contributed by atoms with Crippen molar-refractivity contribution in [2.24, 2.45) is 0 Å². The Morgan fingerprint density at radius 3 is 2.46 bits per heavy atom. The Bertz CT molecular complexity index is 984. The first-order chi connectivity index (χ1) is 11.3. The van der Waals surface area contributed by atoms with Gasteiger partial charge in [-0.1, -0.05) is 40.9 Å². The van der Waals surface area contributed by atoms with Gasteiger partial charge in [-0.05, 0) is 37.3 Å². The molecule has 4 nitrogen and oxygen atoms in total. The number of benzene rings is 2. The molecule has 1 aromatic heterocycles. The van der Waals surface area contributed by atoms with E-state index in [0.717, 1.165) is 5.56 Å². The maximum atomic E-state index is 12.4. The van der Waals surface area contributed by atoms with Crippen LogP contribution >= 0.6 is 34.5 Å². The minimum absolute atomic E-state index is 0.189. The molecule has 0 saturated heterocycles. The van der Waals surface area contributed by atoms with Gasteiger partial charge in [-0.3, -0.25) is 4.72 Å². The van der Waals surface area contributed by atoms with E-state index in [9.17, 15) is 8.42 Å². The van der Waals surface area contributed by atoms with E-state index in [0.29, 0.717) is 21.3 Å². The van der Waals surface area contributed by atoms with Crippen molar-refractivity contribution in [2.45, 2.75) is 11.8 Å². The number of halogens is 2. The van der Waals surface area contributed by atoms with E-state index in [1.807, 2.05) is 6.92 Å². The van der Waals surface area contributed by atoms with Crippen molar-refractivity contribution in [3.63, 3.8) is 0 Å². The van der Waals surface area contributed by atoms with E-state index in [-0.39, 0.29) is 10.0 Å². The zero-order chi connectivity index (χ0) is 17.3. The molecule has 1 N–H and O–H groups in total. The highest BCUT2D eigenvalue weighted by atomic mass is 35.5. The molecule has 0 unspecified atom stereocenters. The Morgan fingerprint density at radius 2 is 1.79 bits per heavy atom. The summed E-state index contributed by atoms with van der Waals surface area (Å²) in [6.07, 6.45) is 0. The Kier molecular flexibility index (Phi) is 4.83. The topological polar surface area (TPSA) is 59.1 Å². The zero-order valence-corrected chi connectivity index (χ0v) is 15.6. The summed E-state index contributed by atoms with van der Waals surface area (Å²) in [5, 5.41) is 3.00. The van der Waals surface area contributed by atoms with Crippen LogP contribution in [-0.4, -0.2) is 13.4 Å². The van der Waals surface area contributed by atoms with Gasteiger partial charge >= 0.3 is 0 Å². The second-order valence-electron chi connectivity index (χ2n) is 5.08. The van der Waals surface area contributed by atoms with Gasteiger partial charge in [-0.25, -0.2) is 13.4 Å². The van der Waals surface area contributed by atoms with Crippen LogP contribution in [0.1, 0.15) is 5.56 Å². The molecule has 0 radical (unpaired) electrons. The van der Waals surface area contributed by atoms with Crippen molar-refractivity contribution >= 4 is 49.7 Å². The lowest BCUT2D eigenvalue weighted by atomic mass is 10.2. The van der Waals surface area contributed by atoms with Crippen LogP contribution in [0.15, 0.2) is 52.7 Å². The zero-order valence-electron chi connectivity index (χ0n) is 12.5. The molecule has 0 saturated carbocycles. The number of aryl methyl sites for hydroxylation is 1. The van der Waals surface area contributed by atoms with Crippen LogP contribution in [0.25, 0.3) is 11.3 Å². The number of sulfonamides is 1. The fraction of sp³-hybridized carbons (Fsp3) is 0.0625. The number of anilines is 1. The van der Waals surface area contributed by atoms with Crippen LogP contribution in [0.5, 0.6) is 0 Å². The van der Waals surface area contributed by atoms with Crippen molar-refractivity contribution < 1.29 is 8.42 Å². The molecule has 0 amide bonds. The summed E-state index contributed by atoms with van der Waals surface area (Å²) in [5.41, 5.74) is 2.27. The Balaban J connectivity index is 1.87. The molecule has 0 aliphatic carbocycles. The van der Waals surface area contributed by atoms with Crippen LogP contribution in [0.4, 0.5) is 5.13 Å². The van der Waals surface area contributed by atoms with Crippen LogP contribution in [-0.2, 0) is 10.0 Å². The van der Waals surface area contributed by atoms with E-state index in [1.54, 1.807) is 47.8 Å². The third kappa shape index (κ3) is 3.72. The number of rotatable bonds is 4. The molecular weight excluding hydrogens is 387 g/mol. The summed E-state index contributed by atoms with van der Waals surface area (Å²) in [4.78, 5) is 4.49. The van der Waals surface area contributed by atoms with Crippen molar-refractivity contribution in [3.05, 3.63) is 63.5 Å². The van der Waals surface area contributed by atoms with Crippen molar-refractivity contribution in [3.8, 4) is 11.3 Å². The molecular formula is C16H12Cl2N2O2S2. The van der Waals surface area contributed by atoms with E-state index in [2.05, 4.69) is 9.71 Å². The highest BCUT2D eigenvalue weighted by Crippen LogP contribution is 2.32. The Morgan fingerprint density at radius 1 is 1.08 bits per heavy atom. The van der Waals surface area contributed by atoms with E-state index >= 15 is 0 Å². The first kappa shape index (κ1) is 17.2. The summed E-state index contributed by atoms with van der Waals surface area (Å²) >= 11 is 13.2. The SMILES string of the molecule is Cc1ccc(S(=O)(=O)Nc2nc(-c3ccc(Cl)cc3Cl)cs2)cc1. The summed E-state index contributed by atoms with van der Waals surface area (Å²) in [5.74, 6) is 0. The fourth-order valence-electron chi connectivity index (χ4n) is 2.03. The molecule has 3 aromatic rings. The summed E-state index contributed by atoms with van der Waals surface area (Å²) < 4.78 is 27.3. The lowest BCUT2D eigenvalue weighted by molar-refractivity contribution is 0.601. The number of hydrogen-bond acceptors (Lipinski definition) is 4. The lowest BCUT2D eigenvalue weighted by Gasteiger charge is -2.05. The molecule has 0 aliphatic heterocycles. The predicted molar refractivity (Wildman–Crippen MR) is 99.6 cm³/mol. The van der Waals surface area contributed by atoms with E-state index < -0.39 is 10.0 Å². The van der Waals surface area contributed by atoms with Gasteiger partial charge in [0, 0.05) is 16.0 Å². The summed E-state index contributed by atoms with van der Waals surface area (Å²) in [6, 6.07) is 11.7. The van der Waals surface area contributed by atoms with Crippen LogP contribution in [0.3, 0.4) is 0 Å². The number of hydrogen-bond donors (Lipinski definition) is 1. The minimum Gasteiger partial charge on any atom is -0.255 e. The molecule has 124 valence electrons. The molecule has 0 fully saturated rings. The standard InChI is InChI=1S/C16H12Cl2N2O2S2/c1-10-2-5-12(6-3-10)24(21,22)20-16-19-15(9-23-16)13-7-4-11(17)8-14(13)18/h2-9H,1H3,(H,19,20). The molecule has 0 atom stereocenters. The second kappa shape index (κ2) is 6.72. The quantitative estimate of drug-likeness (QED) is 0.654. The van der Waals surface area contributed by atoms with Gasteiger partial charge in [0.15, 0.2) is 5.13 Å². The minimum atomic E-state index is -3.67. The Hall–Kier alpha value is -1.60. The monoisotopic (exact) mass is 398 g/mol. The maximum absolute atomic E-state index is 12.4. The van der Waals surface area contributed by atoms with Crippen LogP contribution in [0.2, 0.25) is 10.0 Å². The number of nitrogens with zero attached hydrogens (tertiary/aromatic N) is 1. The van der Waals surface area contributed by atoms with Gasteiger partial charge in [0.05, 0.1) is 15.6 Å². The normalized spacial score (nSPS) is 11.5. The van der Waals surface area contributed by atoms with Gasteiger partial charge < -0.3 is 0 Å². The van der Waals surface area contributed by atoms with E-state index in [4.69, 9.17) is 23.2 Å². The van der Waals surface area contributed by atoms with Crippen molar-refractivity contribution in [1.82, 2.24) is 4.98 Å². The highest BCUT2D eigenvalue weighted by molar-refractivity contribution is 7.93. The van der Waals surface area contributed by atoms with E-state index in [1.165, 1.54) is 11.3 Å². The number of thiazole rings is 1. The van der Waals surface area contributed by atoms with Gasteiger partial charge in [-0.15, -0.1) is 11.3 Å². The highest BCUT2D eigenvalue weighted by Gasteiger charge is 2.17. The first-order valence-corrected chi connectivity index (χ1v) is 9.97. The fourth-order valence-corrected chi connectivity index (χ4v) is 4.50. The molecule has 0 aliphatic rings. The molecule has 24 heavy (non-hydrogen) atoms. The molecule has 1 heterocycles. The van der Waals surface area contributed by atoms with Crippen molar-refractivity contribution in [2.75, 3.05) is 4.72 Å². The molecule has 0 bridgehead atoms. The molecule has 3 rings (SSSR count). The van der Waals surface area contributed by atoms with Crippen molar-refractivity contribution in [1.29, 1.82) is 0 Å². The van der Waals surface area contributed by atoms with Gasteiger partial charge in [0.2, 0.25) is 0 Å². The average Bonchev–Trinajstić information content (AvgIpc) is 2.95. The average molecular weight is 399 g/mol. The van der Waals surface area contributed by atoms with Gasteiger partial charge in [0.1, 0.15) is 0 Å². The van der Waals surface area contributed by atoms with Gasteiger partial charge in [0.25, 0.3) is 10.0 Å². The largest absolute Gasteiger partial charge is 0.263 e. The summed E-state index contributed by atoms with van der Waals surface area (Å²) in [6.45, 7) is 1.90. The second-order valence-corrected chi connectivity index (χ2v) is 8.46. The maximum Gasteiger partial charge on any atom is 0.263 e. The molecule has 0 spiro atoms. The number of nitrogens with one attached hydrogen (secondary N) is 1. The van der Waals surface area contributed by atoms with Crippen LogP contribution in [0, 0.1) is 6.92 Å². The Labute approximate surface area is 154 Å². The number of aromatic nitrogens is 1. The lowest BCUT2D eigenvalue weighted by Crippen LogP contribution is -2.12. The molecule has 8 heteroatoms. The van der Waals surface area contributed by atoms with Crippen LogP contribution < -0.4 is 4.72 Å². The van der Waals surface area contributed by atoms with Gasteiger partial charge in [-0.2, -0.15) is 0 Å². The summed E-state index contributed by atoms with van der Waals surface area (Å²) in [7, 11) is -3.67. The predicted octanol–water partition coefficient (Wildman–Crippen LogP) is 5.23. The first-order valence-electron chi connectivity index (χ1n) is 6.85. The third-order valence-electron chi connectivity index (χ3n) is 3.26. The molecule has 2 aromatic carbocycles. The third-order valence-corrected chi connectivity index (χ3v) is 6.05.